The van der Waals surface area contributed by atoms with Gasteiger partial charge in [-0.3, -0.25) is 0 Å². The number of hydrogen-bond acceptors (Lipinski definition) is 5. The molecule has 2 heterocycles. The summed E-state index contributed by atoms with van der Waals surface area (Å²) in [5, 5.41) is 1.12. The average Bonchev–Trinajstić information content (AvgIpc) is 2.58. The van der Waals surface area contributed by atoms with Crippen molar-refractivity contribution >= 4 is 40.5 Å². The van der Waals surface area contributed by atoms with Gasteiger partial charge in [0.15, 0.2) is 5.15 Å². The van der Waals surface area contributed by atoms with E-state index in [2.05, 4.69) is 9.97 Å². The maximum atomic E-state index is 12.5. The topological polar surface area (TPSA) is 55.3 Å². The Hall–Kier alpha value is -1.53. The molecule has 1 fully saturated rings. The molecular weight excluding hydrogens is 370 g/mol. The van der Waals surface area contributed by atoms with Gasteiger partial charge in [-0.05, 0) is 52.2 Å². The molecule has 140 valence electrons. The van der Waals surface area contributed by atoms with E-state index >= 15 is 0 Å². The number of hydrogen-bond donors (Lipinski definition) is 0. The fraction of sp³-hybridized carbons (Fsp3) is 0.526. The summed E-state index contributed by atoms with van der Waals surface area (Å²) in [6, 6.07) is 7.80. The van der Waals surface area contributed by atoms with Gasteiger partial charge in [0.1, 0.15) is 10.6 Å². The summed E-state index contributed by atoms with van der Waals surface area (Å²) in [6.07, 6.45) is 2.85. The summed E-state index contributed by atoms with van der Waals surface area (Å²) >= 11 is 7.86. The van der Waals surface area contributed by atoms with E-state index in [1.807, 2.05) is 49.9 Å². The Labute approximate surface area is 163 Å². The number of benzene rings is 1. The number of fused-ring (bicyclic) bond motifs is 1. The summed E-state index contributed by atoms with van der Waals surface area (Å²) in [4.78, 5) is 23.4. The molecule has 0 N–H and O–H groups in total. The van der Waals surface area contributed by atoms with Crippen LogP contribution in [-0.4, -0.2) is 44.9 Å². The van der Waals surface area contributed by atoms with Gasteiger partial charge in [0.2, 0.25) is 0 Å². The number of piperidine rings is 1. The summed E-state index contributed by atoms with van der Waals surface area (Å²) in [6.45, 7) is 6.41. The summed E-state index contributed by atoms with van der Waals surface area (Å²) < 4.78 is 5.56. The van der Waals surface area contributed by atoms with Gasteiger partial charge in [0, 0.05) is 18.3 Å². The molecule has 1 saturated heterocycles. The van der Waals surface area contributed by atoms with Crippen molar-refractivity contribution < 1.29 is 9.53 Å². The molecule has 26 heavy (non-hydrogen) atoms. The van der Waals surface area contributed by atoms with Crippen molar-refractivity contribution in [1.82, 2.24) is 14.9 Å². The largest absolute Gasteiger partial charge is 0.444 e. The van der Waals surface area contributed by atoms with Crippen molar-refractivity contribution in [2.45, 2.75) is 56.7 Å². The van der Waals surface area contributed by atoms with Crippen LogP contribution in [0.1, 0.15) is 40.0 Å². The molecular formula is C19H24ClN3O2S. The van der Waals surface area contributed by atoms with Gasteiger partial charge < -0.3 is 9.64 Å². The lowest BCUT2D eigenvalue weighted by atomic mass is 10.0. The van der Waals surface area contributed by atoms with Crippen LogP contribution in [0.25, 0.3) is 11.0 Å². The van der Waals surface area contributed by atoms with Crippen LogP contribution in [0.4, 0.5) is 4.79 Å². The number of carbonyl (C=O) groups is 1. The molecule has 7 heteroatoms. The standard InChI is InChI=1S/C19H24ClN3O2S/c1-19(2,3)25-18(24)23-11-7-6-8-13(23)12-26-17-16(20)21-14-9-4-5-10-15(14)22-17/h4-5,9-10,13H,6-8,11-12H2,1-3H3/t13-/m1/s1. The van der Waals surface area contributed by atoms with Crippen molar-refractivity contribution in [2.24, 2.45) is 0 Å². The maximum Gasteiger partial charge on any atom is 0.410 e. The van der Waals surface area contributed by atoms with Crippen LogP contribution in [-0.2, 0) is 4.74 Å². The van der Waals surface area contributed by atoms with E-state index in [1.165, 1.54) is 0 Å². The van der Waals surface area contributed by atoms with Gasteiger partial charge in [0.25, 0.3) is 0 Å². The lowest BCUT2D eigenvalue weighted by Gasteiger charge is -2.36. The first-order valence-corrected chi connectivity index (χ1v) is 10.2. The number of ether oxygens (including phenoxy) is 1. The zero-order valence-electron chi connectivity index (χ0n) is 15.4. The predicted molar refractivity (Wildman–Crippen MR) is 106 cm³/mol. The Morgan fingerprint density at radius 2 is 1.96 bits per heavy atom. The fourth-order valence-electron chi connectivity index (χ4n) is 2.96. The minimum Gasteiger partial charge on any atom is -0.444 e. The number of carbonyl (C=O) groups excluding carboxylic acids is 1. The lowest BCUT2D eigenvalue weighted by molar-refractivity contribution is 0.0126. The van der Waals surface area contributed by atoms with Crippen molar-refractivity contribution in [2.75, 3.05) is 12.3 Å². The van der Waals surface area contributed by atoms with Crippen LogP contribution in [0.15, 0.2) is 29.3 Å². The molecule has 1 atom stereocenters. The van der Waals surface area contributed by atoms with Crippen LogP contribution in [0.5, 0.6) is 0 Å². The molecule has 1 aliphatic heterocycles. The monoisotopic (exact) mass is 393 g/mol. The highest BCUT2D eigenvalue weighted by Gasteiger charge is 2.30. The van der Waals surface area contributed by atoms with Gasteiger partial charge in [-0.1, -0.05) is 23.7 Å². The molecule has 0 saturated carbocycles. The Bertz CT molecular complexity index is 794. The van der Waals surface area contributed by atoms with Gasteiger partial charge in [-0.15, -0.1) is 11.8 Å². The van der Waals surface area contributed by atoms with E-state index in [4.69, 9.17) is 16.3 Å². The van der Waals surface area contributed by atoms with Crippen molar-refractivity contribution in [1.29, 1.82) is 0 Å². The normalized spacial score (nSPS) is 18.2. The molecule has 0 unspecified atom stereocenters. The van der Waals surface area contributed by atoms with Crippen molar-refractivity contribution in [3.8, 4) is 0 Å². The Balaban J connectivity index is 1.70. The summed E-state index contributed by atoms with van der Waals surface area (Å²) in [5.41, 5.74) is 1.13. The second kappa shape index (κ2) is 8.01. The average molecular weight is 394 g/mol. The lowest BCUT2D eigenvalue weighted by Crippen LogP contribution is -2.47. The van der Waals surface area contributed by atoms with Gasteiger partial charge >= 0.3 is 6.09 Å². The van der Waals surface area contributed by atoms with Crippen LogP contribution in [0.2, 0.25) is 5.15 Å². The molecule has 0 radical (unpaired) electrons. The number of aromatic nitrogens is 2. The molecule has 1 aromatic carbocycles. The SMILES string of the molecule is CC(C)(C)OC(=O)N1CCCC[C@@H]1CSc1nc2ccccc2nc1Cl. The highest BCUT2D eigenvalue weighted by molar-refractivity contribution is 7.99. The molecule has 0 spiro atoms. The first-order chi connectivity index (χ1) is 12.3. The third-order valence-corrected chi connectivity index (χ3v) is 5.65. The maximum absolute atomic E-state index is 12.5. The molecule has 5 nitrogen and oxygen atoms in total. The van der Waals surface area contributed by atoms with E-state index in [0.717, 1.165) is 42.6 Å². The number of para-hydroxylation sites is 2. The van der Waals surface area contributed by atoms with E-state index < -0.39 is 5.60 Å². The van der Waals surface area contributed by atoms with E-state index in [0.29, 0.717) is 10.2 Å². The minimum atomic E-state index is -0.487. The molecule has 1 aliphatic rings. The smallest absolute Gasteiger partial charge is 0.410 e. The first kappa shape index (κ1) is 19.2. The van der Waals surface area contributed by atoms with Gasteiger partial charge in [-0.25, -0.2) is 14.8 Å². The first-order valence-electron chi connectivity index (χ1n) is 8.88. The molecule has 1 amide bonds. The third kappa shape index (κ3) is 4.80. The Morgan fingerprint density at radius 3 is 2.65 bits per heavy atom. The van der Waals surface area contributed by atoms with Crippen LogP contribution in [0, 0.1) is 0 Å². The zero-order valence-corrected chi connectivity index (χ0v) is 16.9. The molecule has 2 aromatic rings. The van der Waals surface area contributed by atoms with Crippen LogP contribution < -0.4 is 0 Å². The number of amides is 1. The minimum absolute atomic E-state index is 0.118. The zero-order chi connectivity index (χ0) is 18.7. The molecule has 0 bridgehead atoms. The quantitative estimate of drug-likeness (QED) is 0.673. The second-order valence-corrected chi connectivity index (χ2v) is 8.81. The van der Waals surface area contributed by atoms with Gasteiger partial charge in [-0.2, -0.15) is 0 Å². The Morgan fingerprint density at radius 1 is 1.27 bits per heavy atom. The third-order valence-electron chi connectivity index (χ3n) is 4.17. The number of thioether (sulfide) groups is 1. The summed E-state index contributed by atoms with van der Waals surface area (Å²) in [5.74, 6) is 0.728. The number of likely N-dealkylation sites (tertiary alicyclic amines) is 1. The van der Waals surface area contributed by atoms with Gasteiger partial charge in [0.05, 0.1) is 11.0 Å². The number of nitrogens with zero attached hydrogens (tertiary/aromatic N) is 3. The van der Waals surface area contributed by atoms with E-state index in [-0.39, 0.29) is 12.1 Å². The number of rotatable bonds is 3. The van der Waals surface area contributed by atoms with Crippen molar-refractivity contribution in [3.05, 3.63) is 29.4 Å². The van der Waals surface area contributed by atoms with Crippen LogP contribution in [0.3, 0.4) is 0 Å². The highest BCUT2D eigenvalue weighted by Crippen LogP contribution is 2.30. The number of halogens is 1. The molecule has 0 aliphatic carbocycles. The molecule has 1 aromatic heterocycles. The predicted octanol–water partition coefficient (Wildman–Crippen LogP) is 5.16. The van der Waals surface area contributed by atoms with E-state index in [9.17, 15) is 4.79 Å². The Kier molecular flexibility index (Phi) is 5.92. The second-order valence-electron chi connectivity index (χ2n) is 7.44. The van der Waals surface area contributed by atoms with Crippen LogP contribution >= 0.6 is 23.4 Å². The van der Waals surface area contributed by atoms with E-state index in [1.54, 1.807) is 11.8 Å². The van der Waals surface area contributed by atoms with Crippen molar-refractivity contribution in [3.63, 3.8) is 0 Å². The summed E-state index contributed by atoms with van der Waals surface area (Å²) in [7, 11) is 0. The fourth-order valence-corrected chi connectivity index (χ4v) is 4.29. The molecule has 3 rings (SSSR count). The highest BCUT2D eigenvalue weighted by atomic mass is 35.5.